The Kier molecular flexibility index (Phi) is 7.12. The third-order valence-electron chi connectivity index (χ3n) is 4.15. The molecule has 0 bridgehead atoms. The molecule has 2 rings (SSSR count). The minimum atomic E-state index is -0.674. The highest BCUT2D eigenvalue weighted by Gasteiger charge is 2.19. The van der Waals surface area contributed by atoms with Gasteiger partial charge in [-0.3, -0.25) is 9.59 Å². The van der Waals surface area contributed by atoms with E-state index in [2.05, 4.69) is 4.98 Å². The fourth-order valence-electron chi connectivity index (χ4n) is 2.59. The Labute approximate surface area is 162 Å². The quantitative estimate of drug-likeness (QED) is 0.534. The molecule has 27 heavy (non-hydrogen) atoms. The molecule has 0 N–H and O–H groups in total. The van der Waals surface area contributed by atoms with E-state index < -0.39 is 18.5 Å². The molecule has 144 valence electrons. The molecule has 1 aromatic heterocycles. The molecule has 2 amide bonds. The van der Waals surface area contributed by atoms with Crippen molar-refractivity contribution < 1.29 is 19.1 Å². The van der Waals surface area contributed by atoms with E-state index in [1.54, 1.807) is 29.2 Å². The Hall–Kier alpha value is -2.67. The number of aromatic nitrogens is 1. The summed E-state index contributed by atoms with van der Waals surface area (Å²) in [5.74, 6) is -1.30. The van der Waals surface area contributed by atoms with Crippen LogP contribution >= 0.6 is 11.6 Å². The molecule has 0 aliphatic carbocycles. The lowest BCUT2D eigenvalue weighted by Crippen LogP contribution is -2.42. The zero-order valence-corrected chi connectivity index (χ0v) is 16.3. The number of likely N-dealkylation sites (N-methyl/N-ethyl adjacent to an activating group) is 2. The van der Waals surface area contributed by atoms with Crippen LogP contribution in [0.3, 0.4) is 0 Å². The van der Waals surface area contributed by atoms with Gasteiger partial charge in [0.2, 0.25) is 5.91 Å². The number of nitrogens with zero attached hydrogens (tertiary/aromatic N) is 3. The van der Waals surface area contributed by atoms with Crippen LogP contribution in [0.5, 0.6) is 0 Å². The highest BCUT2D eigenvalue weighted by atomic mass is 35.5. The second kappa shape index (κ2) is 9.32. The van der Waals surface area contributed by atoms with Gasteiger partial charge in [0.25, 0.3) is 5.91 Å². The number of fused-ring (bicyclic) bond motifs is 1. The van der Waals surface area contributed by atoms with E-state index in [-0.39, 0.29) is 23.2 Å². The van der Waals surface area contributed by atoms with Crippen molar-refractivity contribution in [3.8, 4) is 0 Å². The van der Waals surface area contributed by atoms with Crippen molar-refractivity contribution in [3.63, 3.8) is 0 Å². The number of carbonyl (C=O) groups is 3. The monoisotopic (exact) mass is 391 g/mol. The van der Waals surface area contributed by atoms with Crippen molar-refractivity contribution in [2.24, 2.45) is 0 Å². The molecule has 2 aromatic rings. The van der Waals surface area contributed by atoms with Gasteiger partial charge in [-0.25, -0.2) is 9.78 Å². The largest absolute Gasteiger partial charge is 0.452 e. The van der Waals surface area contributed by atoms with E-state index >= 15 is 0 Å². The first-order valence-electron chi connectivity index (χ1n) is 8.61. The fourth-order valence-corrected chi connectivity index (χ4v) is 2.79. The standard InChI is InChI=1S/C19H22ClN3O4/c1-4-23(5-2)17(24)11-22(3)18(25)12-27-19(26)14-10-16(20)21-15-9-7-6-8-13(14)15/h6-10H,4-5,11-12H2,1-3H3. The maximum atomic E-state index is 12.4. The first-order valence-corrected chi connectivity index (χ1v) is 8.99. The summed E-state index contributed by atoms with van der Waals surface area (Å²) < 4.78 is 5.13. The molecule has 1 heterocycles. The number of benzene rings is 1. The highest BCUT2D eigenvalue weighted by molar-refractivity contribution is 6.30. The number of para-hydroxylation sites is 1. The second-order valence-corrected chi connectivity index (χ2v) is 6.29. The van der Waals surface area contributed by atoms with Crippen LogP contribution in [0.15, 0.2) is 30.3 Å². The predicted molar refractivity (Wildman–Crippen MR) is 103 cm³/mol. The molecule has 1 aromatic carbocycles. The van der Waals surface area contributed by atoms with Crippen LogP contribution in [0, 0.1) is 0 Å². The third-order valence-corrected chi connectivity index (χ3v) is 4.34. The molecule has 0 aliphatic heterocycles. The van der Waals surface area contributed by atoms with Gasteiger partial charge in [0.15, 0.2) is 6.61 Å². The summed E-state index contributed by atoms with van der Waals surface area (Å²) in [4.78, 5) is 43.7. The number of pyridine rings is 1. The molecule has 0 unspecified atom stereocenters. The summed E-state index contributed by atoms with van der Waals surface area (Å²) in [6.07, 6.45) is 0. The van der Waals surface area contributed by atoms with Gasteiger partial charge in [-0.1, -0.05) is 29.8 Å². The molecule has 0 aliphatic rings. The van der Waals surface area contributed by atoms with Gasteiger partial charge in [0.05, 0.1) is 17.6 Å². The Morgan fingerprint density at radius 1 is 1.11 bits per heavy atom. The van der Waals surface area contributed by atoms with Gasteiger partial charge in [-0.05, 0) is 26.0 Å². The van der Waals surface area contributed by atoms with Crippen LogP contribution in [0.2, 0.25) is 5.15 Å². The average Bonchev–Trinajstić information content (AvgIpc) is 2.65. The number of hydrogen-bond acceptors (Lipinski definition) is 5. The van der Waals surface area contributed by atoms with Gasteiger partial charge < -0.3 is 14.5 Å². The van der Waals surface area contributed by atoms with Gasteiger partial charge >= 0.3 is 5.97 Å². The van der Waals surface area contributed by atoms with Crippen molar-refractivity contribution in [2.75, 3.05) is 33.3 Å². The molecular weight excluding hydrogens is 370 g/mol. The van der Waals surface area contributed by atoms with E-state index in [0.717, 1.165) is 0 Å². The zero-order valence-electron chi connectivity index (χ0n) is 15.6. The molecule has 0 saturated heterocycles. The lowest BCUT2D eigenvalue weighted by atomic mass is 10.1. The van der Waals surface area contributed by atoms with E-state index in [4.69, 9.17) is 16.3 Å². The van der Waals surface area contributed by atoms with E-state index in [1.807, 2.05) is 13.8 Å². The number of esters is 1. The molecule has 0 spiro atoms. The van der Waals surface area contributed by atoms with E-state index in [0.29, 0.717) is 24.0 Å². The summed E-state index contributed by atoms with van der Waals surface area (Å²) in [6.45, 7) is 4.35. The van der Waals surface area contributed by atoms with Crippen LogP contribution < -0.4 is 0 Å². The number of halogens is 1. The van der Waals surface area contributed by atoms with E-state index in [1.165, 1.54) is 18.0 Å². The van der Waals surface area contributed by atoms with Gasteiger partial charge in [0, 0.05) is 25.5 Å². The molecule has 0 fully saturated rings. The minimum Gasteiger partial charge on any atom is -0.452 e. The number of carbonyl (C=O) groups excluding carboxylic acids is 3. The SMILES string of the molecule is CCN(CC)C(=O)CN(C)C(=O)COC(=O)c1cc(Cl)nc2ccccc12. The number of hydrogen-bond donors (Lipinski definition) is 0. The van der Waals surface area contributed by atoms with E-state index in [9.17, 15) is 14.4 Å². The number of rotatable bonds is 7. The minimum absolute atomic E-state index is 0.0674. The highest BCUT2D eigenvalue weighted by Crippen LogP contribution is 2.21. The average molecular weight is 392 g/mol. The van der Waals surface area contributed by atoms with Gasteiger partial charge in [0.1, 0.15) is 5.15 Å². The van der Waals surface area contributed by atoms with Crippen molar-refractivity contribution in [1.29, 1.82) is 0 Å². The van der Waals surface area contributed by atoms with Crippen LogP contribution in [-0.4, -0.2) is 65.9 Å². The Balaban J connectivity index is 2.01. The lowest BCUT2D eigenvalue weighted by Gasteiger charge is -2.23. The van der Waals surface area contributed by atoms with Crippen LogP contribution in [0.4, 0.5) is 0 Å². The normalized spacial score (nSPS) is 10.5. The van der Waals surface area contributed by atoms with Crippen LogP contribution in [0.1, 0.15) is 24.2 Å². The summed E-state index contributed by atoms with van der Waals surface area (Å²) in [7, 11) is 1.50. The maximum Gasteiger partial charge on any atom is 0.339 e. The Morgan fingerprint density at radius 3 is 2.44 bits per heavy atom. The van der Waals surface area contributed by atoms with Crippen molar-refractivity contribution in [3.05, 3.63) is 41.0 Å². The molecule has 7 nitrogen and oxygen atoms in total. The molecule has 0 atom stereocenters. The predicted octanol–water partition coefficient (Wildman–Crippen LogP) is 2.37. The zero-order chi connectivity index (χ0) is 20.0. The van der Waals surface area contributed by atoms with Crippen LogP contribution in [0.25, 0.3) is 10.9 Å². The molecule has 0 saturated carbocycles. The van der Waals surface area contributed by atoms with Crippen LogP contribution in [-0.2, 0) is 14.3 Å². The third kappa shape index (κ3) is 5.17. The number of ether oxygens (including phenoxy) is 1. The molecular formula is C19H22ClN3O4. The summed E-state index contributed by atoms with van der Waals surface area (Å²) in [5.41, 5.74) is 0.797. The maximum absolute atomic E-state index is 12.4. The summed E-state index contributed by atoms with van der Waals surface area (Å²) >= 11 is 5.96. The van der Waals surface area contributed by atoms with Crippen molar-refractivity contribution >= 4 is 40.3 Å². The first kappa shape index (κ1) is 20.6. The van der Waals surface area contributed by atoms with Gasteiger partial charge in [-0.2, -0.15) is 0 Å². The van der Waals surface area contributed by atoms with Crippen molar-refractivity contribution in [1.82, 2.24) is 14.8 Å². The fraction of sp³-hybridized carbons (Fsp3) is 0.368. The summed E-state index contributed by atoms with van der Waals surface area (Å²) in [5, 5.41) is 0.748. The Bertz CT molecular complexity index is 852. The first-order chi connectivity index (χ1) is 12.9. The van der Waals surface area contributed by atoms with Gasteiger partial charge in [-0.15, -0.1) is 0 Å². The summed E-state index contributed by atoms with van der Waals surface area (Å²) in [6, 6.07) is 8.42. The molecule has 0 radical (unpaired) electrons. The smallest absolute Gasteiger partial charge is 0.339 e. The number of amides is 2. The molecule has 8 heteroatoms. The second-order valence-electron chi connectivity index (χ2n) is 5.90. The van der Waals surface area contributed by atoms with Crippen molar-refractivity contribution in [2.45, 2.75) is 13.8 Å². The lowest BCUT2D eigenvalue weighted by molar-refractivity contribution is -0.140. The topological polar surface area (TPSA) is 79.8 Å². The Morgan fingerprint density at radius 2 is 1.78 bits per heavy atom.